The van der Waals surface area contributed by atoms with E-state index in [1.54, 1.807) is 6.92 Å². The zero-order valence-electron chi connectivity index (χ0n) is 12.1. The number of carbonyl (C=O) groups excluding carboxylic acids is 1. The van der Waals surface area contributed by atoms with Crippen LogP contribution < -0.4 is 0 Å². The van der Waals surface area contributed by atoms with E-state index in [0.29, 0.717) is 0 Å². The molecule has 0 radical (unpaired) electrons. The topological polar surface area (TPSA) is 22.0 Å². The minimum Gasteiger partial charge on any atom is -0.342 e. The molecule has 106 valence electrons. The summed E-state index contributed by atoms with van der Waals surface area (Å²) in [4.78, 5) is 11.9. The lowest BCUT2D eigenvalue weighted by molar-refractivity contribution is 0.101. The molecule has 0 aliphatic rings. The minimum absolute atomic E-state index is 0.0982. The van der Waals surface area contributed by atoms with Crippen LogP contribution in [-0.2, 0) is 6.54 Å². The van der Waals surface area contributed by atoms with E-state index in [1.165, 1.54) is 11.1 Å². The quantitative estimate of drug-likeness (QED) is 0.617. The molecule has 0 bridgehead atoms. The lowest BCUT2D eigenvalue weighted by Crippen LogP contribution is -1.98. The maximum atomic E-state index is 11.9. The Morgan fingerprint density at radius 1 is 1.19 bits per heavy atom. The Hall–Kier alpha value is -1.87. The highest BCUT2D eigenvalue weighted by atomic mass is 79.9. The average Bonchev–Trinajstić information content (AvgIpc) is 2.77. The van der Waals surface area contributed by atoms with Crippen molar-refractivity contribution in [2.24, 2.45) is 0 Å². The van der Waals surface area contributed by atoms with Gasteiger partial charge in [0, 0.05) is 33.7 Å². The lowest BCUT2D eigenvalue weighted by atomic mass is 10.1. The second kappa shape index (κ2) is 5.49. The average molecular weight is 342 g/mol. The number of aromatic nitrogens is 1. The van der Waals surface area contributed by atoms with Crippen molar-refractivity contribution in [1.29, 1.82) is 0 Å². The first-order chi connectivity index (χ1) is 10.0. The minimum atomic E-state index is 0.0982. The van der Waals surface area contributed by atoms with Gasteiger partial charge in [-0.1, -0.05) is 45.8 Å². The number of rotatable bonds is 3. The largest absolute Gasteiger partial charge is 0.342 e. The van der Waals surface area contributed by atoms with Crippen LogP contribution in [0.25, 0.3) is 10.9 Å². The highest BCUT2D eigenvalue weighted by molar-refractivity contribution is 9.10. The van der Waals surface area contributed by atoms with E-state index in [2.05, 4.69) is 57.8 Å². The summed E-state index contributed by atoms with van der Waals surface area (Å²) in [5.74, 6) is 0.0982. The highest BCUT2D eigenvalue weighted by Crippen LogP contribution is 2.26. The second-order valence-electron chi connectivity index (χ2n) is 5.38. The van der Waals surface area contributed by atoms with E-state index >= 15 is 0 Å². The van der Waals surface area contributed by atoms with Crippen LogP contribution in [0.5, 0.6) is 0 Å². The van der Waals surface area contributed by atoms with Crippen molar-refractivity contribution in [3.63, 3.8) is 0 Å². The first kappa shape index (κ1) is 14.1. The van der Waals surface area contributed by atoms with Crippen LogP contribution >= 0.6 is 15.9 Å². The molecule has 1 aromatic heterocycles. The van der Waals surface area contributed by atoms with E-state index in [9.17, 15) is 4.79 Å². The van der Waals surface area contributed by atoms with Gasteiger partial charge in [0.15, 0.2) is 5.78 Å². The summed E-state index contributed by atoms with van der Waals surface area (Å²) in [7, 11) is 0. The molecule has 0 atom stereocenters. The smallest absolute Gasteiger partial charge is 0.161 e. The van der Waals surface area contributed by atoms with Gasteiger partial charge in [-0.25, -0.2) is 0 Å². The number of carbonyl (C=O) groups is 1. The fourth-order valence-corrected chi connectivity index (χ4v) is 3.05. The van der Waals surface area contributed by atoms with Gasteiger partial charge in [0.2, 0.25) is 0 Å². The normalized spacial score (nSPS) is 11.0. The van der Waals surface area contributed by atoms with Crippen LogP contribution in [0.2, 0.25) is 0 Å². The van der Waals surface area contributed by atoms with E-state index in [-0.39, 0.29) is 5.78 Å². The molecular formula is C18H16BrNO. The predicted octanol–water partition coefficient (Wildman–Crippen LogP) is 4.96. The molecule has 0 aliphatic carbocycles. The van der Waals surface area contributed by atoms with E-state index in [0.717, 1.165) is 27.5 Å². The zero-order chi connectivity index (χ0) is 15.0. The number of hydrogen-bond acceptors (Lipinski definition) is 1. The molecule has 0 spiro atoms. The monoisotopic (exact) mass is 341 g/mol. The molecule has 1 heterocycles. The molecule has 0 amide bonds. The van der Waals surface area contributed by atoms with Gasteiger partial charge in [0.25, 0.3) is 0 Å². The van der Waals surface area contributed by atoms with Gasteiger partial charge >= 0.3 is 0 Å². The summed E-state index contributed by atoms with van der Waals surface area (Å²) < 4.78 is 3.14. The summed E-state index contributed by atoms with van der Waals surface area (Å²) in [5.41, 5.74) is 4.35. The van der Waals surface area contributed by atoms with Gasteiger partial charge in [0.1, 0.15) is 0 Å². The van der Waals surface area contributed by atoms with Crippen molar-refractivity contribution in [2.75, 3.05) is 0 Å². The lowest BCUT2D eigenvalue weighted by Gasteiger charge is -2.06. The van der Waals surface area contributed by atoms with Crippen molar-refractivity contribution >= 4 is 32.6 Å². The molecule has 0 saturated carbocycles. The Kier molecular flexibility index (Phi) is 3.68. The summed E-state index contributed by atoms with van der Waals surface area (Å²) >= 11 is 3.48. The molecule has 0 N–H and O–H groups in total. The standard InChI is InChI=1S/C18H16BrNO/c1-12-4-3-5-14(8-12)10-20-11-17(13(2)21)16-9-15(19)6-7-18(16)20/h3-9,11H,10H2,1-2H3. The molecule has 3 heteroatoms. The first-order valence-corrected chi connectivity index (χ1v) is 7.69. The predicted molar refractivity (Wildman–Crippen MR) is 89.9 cm³/mol. The van der Waals surface area contributed by atoms with E-state index < -0.39 is 0 Å². The molecule has 3 rings (SSSR count). The number of hydrogen-bond donors (Lipinski definition) is 0. The third-order valence-electron chi connectivity index (χ3n) is 3.66. The SMILES string of the molecule is CC(=O)c1cn(Cc2cccc(C)c2)c2ccc(Br)cc12. The van der Waals surface area contributed by atoms with Crippen LogP contribution in [0, 0.1) is 6.92 Å². The van der Waals surface area contributed by atoms with Crippen LogP contribution in [0.4, 0.5) is 0 Å². The highest BCUT2D eigenvalue weighted by Gasteiger charge is 2.12. The maximum absolute atomic E-state index is 11.9. The van der Waals surface area contributed by atoms with Crippen molar-refractivity contribution in [2.45, 2.75) is 20.4 Å². The van der Waals surface area contributed by atoms with Gasteiger partial charge in [-0.2, -0.15) is 0 Å². The Bertz CT molecular complexity index is 832. The van der Waals surface area contributed by atoms with Crippen molar-refractivity contribution < 1.29 is 4.79 Å². The van der Waals surface area contributed by atoms with Gasteiger partial charge in [-0.05, 0) is 37.6 Å². The molecule has 0 saturated heterocycles. The molecule has 2 nitrogen and oxygen atoms in total. The fraction of sp³-hybridized carbons (Fsp3) is 0.167. The van der Waals surface area contributed by atoms with Crippen molar-refractivity contribution in [1.82, 2.24) is 4.57 Å². The number of nitrogens with zero attached hydrogens (tertiary/aromatic N) is 1. The van der Waals surface area contributed by atoms with Crippen LogP contribution in [0.1, 0.15) is 28.4 Å². The molecule has 0 unspecified atom stereocenters. The summed E-state index contributed by atoms with van der Waals surface area (Å²) in [5, 5.41) is 1.00. The summed E-state index contributed by atoms with van der Waals surface area (Å²) in [6, 6.07) is 14.5. The zero-order valence-corrected chi connectivity index (χ0v) is 13.6. The summed E-state index contributed by atoms with van der Waals surface area (Å²) in [6.45, 7) is 4.48. The first-order valence-electron chi connectivity index (χ1n) is 6.89. The van der Waals surface area contributed by atoms with Gasteiger partial charge in [-0.3, -0.25) is 4.79 Å². The van der Waals surface area contributed by atoms with Crippen LogP contribution in [0.15, 0.2) is 53.1 Å². The molecule has 2 aromatic carbocycles. The van der Waals surface area contributed by atoms with Crippen LogP contribution in [-0.4, -0.2) is 10.4 Å². The molecule has 0 aliphatic heterocycles. The third kappa shape index (κ3) is 2.79. The Morgan fingerprint density at radius 3 is 2.71 bits per heavy atom. The van der Waals surface area contributed by atoms with E-state index in [1.807, 2.05) is 18.3 Å². The molecule has 21 heavy (non-hydrogen) atoms. The van der Waals surface area contributed by atoms with Crippen molar-refractivity contribution in [3.8, 4) is 0 Å². The van der Waals surface area contributed by atoms with Crippen molar-refractivity contribution in [3.05, 3.63) is 69.8 Å². The number of fused-ring (bicyclic) bond motifs is 1. The summed E-state index contributed by atoms with van der Waals surface area (Å²) in [6.07, 6.45) is 1.96. The Morgan fingerprint density at radius 2 is 2.00 bits per heavy atom. The molecular weight excluding hydrogens is 326 g/mol. The number of aryl methyl sites for hydroxylation is 1. The second-order valence-corrected chi connectivity index (χ2v) is 6.29. The van der Waals surface area contributed by atoms with E-state index in [4.69, 9.17) is 0 Å². The fourth-order valence-electron chi connectivity index (χ4n) is 2.69. The number of benzene rings is 2. The number of Topliss-reactive ketones (excluding diaryl/α,β-unsaturated/α-hetero) is 1. The van der Waals surface area contributed by atoms with Crippen LogP contribution in [0.3, 0.4) is 0 Å². The Labute approximate surface area is 132 Å². The van der Waals surface area contributed by atoms with Gasteiger partial charge < -0.3 is 4.57 Å². The molecule has 0 fully saturated rings. The van der Waals surface area contributed by atoms with Gasteiger partial charge in [0.05, 0.1) is 0 Å². The van der Waals surface area contributed by atoms with Gasteiger partial charge in [-0.15, -0.1) is 0 Å². The molecule has 3 aromatic rings. The number of halogens is 1. The maximum Gasteiger partial charge on any atom is 0.161 e. The number of ketones is 1. The Balaban J connectivity index is 2.12. The third-order valence-corrected chi connectivity index (χ3v) is 4.15.